The minimum absolute atomic E-state index is 0.318. The molecule has 0 bridgehead atoms. The molecule has 1 saturated heterocycles. The fourth-order valence-corrected chi connectivity index (χ4v) is 3.49. The molecule has 25 heavy (non-hydrogen) atoms. The van der Waals surface area contributed by atoms with Gasteiger partial charge in [-0.1, -0.05) is 37.3 Å². The summed E-state index contributed by atoms with van der Waals surface area (Å²) in [5.41, 5.74) is 2.18. The van der Waals surface area contributed by atoms with Crippen LogP contribution >= 0.6 is 0 Å². The van der Waals surface area contributed by atoms with E-state index in [4.69, 9.17) is 0 Å². The number of β-amino-alcohol motifs (C(OH)–C–C–N with tert-alkyl or cyclic N) is 1. The van der Waals surface area contributed by atoms with Gasteiger partial charge in [0, 0.05) is 13.1 Å². The maximum absolute atomic E-state index is 10.4. The number of H-pyrrole nitrogens is 1. The van der Waals surface area contributed by atoms with Gasteiger partial charge in [-0.3, -0.25) is 4.90 Å². The fraction of sp³-hybridized carbons (Fsp3) is 0.550. The summed E-state index contributed by atoms with van der Waals surface area (Å²) in [5, 5.41) is 10.4. The second-order valence-corrected chi connectivity index (χ2v) is 7.44. The summed E-state index contributed by atoms with van der Waals surface area (Å²) in [6.45, 7) is 6.68. The SMILES string of the molecule is CC1CCN(CC(O)CN(C)Cc2ncc(-c3ccccc3)[nH]2)CC1. The smallest absolute Gasteiger partial charge is 0.120 e. The molecule has 2 N–H and O–H groups in total. The van der Waals surface area contributed by atoms with E-state index in [1.165, 1.54) is 12.8 Å². The second kappa shape index (κ2) is 8.61. The molecule has 3 rings (SSSR count). The molecule has 1 atom stereocenters. The van der Waals surface area contributed by atoms with Crippen molar-refractivity contribution in [1.29, 1.82) is 0 Å². The summed E-state index contributed by atoms with van der Waals surface area (Å²) < 4.78 is 0. The largest absolute Gasteiger partial charge is 0.390 e. The van der Waals surface area contributed by atoms with Crippen molar-refractivity contribution >= 4 is 0 Å². The van der Waals surface area contributed by atoms with Gasteiger partial charge in [-0.25, -0.2) is 4.98 Å². The first-order chi connectivity index (χ1) is 12.1. The van der Waals surface area contributed by atoms with Crippen LogP contribution in [-0.2, 0) is 6.54 Å². The normalized spacial score (nSPS) is 17.9. The Kier molecular flexibility index (Phi) is 6.24. The van der Waals surface area contributed by atoms with E-state index in [1.807, 2.05) is 31.4 Å². The number of likely N-dealkylation sites (N-methyl/N-ethyl adjacent to an activating group) is 1. The van der Waals surface area contributed by atoms with E-state index in [0.29, 0.717) is 13.1 Å². The number of aromatic amines is 1. The Balaban J connectivity index is 1.46. The van der Waals surface area contributed by atoms with Crippen molar-refractivity contribution in [2.45, 2.75) is 32.4 Å². The van der Waals surface area contributed by atoms with Gasteiger partial charge < -0.3 is 15.0 Å². The van der Waals surface area contributed by atoms with Gasteiger partial charge in [0.25, 0.3) is 0 Å². The lowest BCUT2D eigenvalue weighted by molar-refractivity contribution is 0.0657. The van der Waals surface area contributed by atoms with Crippen molar-refractivity contribution in [1.82, 2.24) is 19.8 Å². The Bertz CT molecular complexity index is 634. The van der Waals surface area contributed by atoms with Gasteiger partial charge >= 0.3 is 0 Å². The molecule has 1 aliphatic rings. The van der Waals surface area contributed by atoms with Crippen LogP contribution in [0.1, 0.15) is 25.6 Å². The maximum Gasteiger partial charge on any atom is 0.120 e. The van der Waals surface area contributed by atoms with Gasteiger partial charge in [0.2, 0.25) is 0 Å². The molecule has 1 aliphatic heterocycles. The number of hydrogen-bond acceptors (Lipinski definition) is 4. The zero-order valence-corrected chi connectivity index (χ0v) is 15.4. The molecule has 1 fully saturated rings. The second-order valence-electron chi connectivity index (χ2n) is 7.44. The lowest BCUT2D eigenvalue weighted by Crippen LogP contribution is -2.42. The molecule has 5 heteroatoms. The molecule has 2 heterocycles. The van der Waals surface area contributed by atoms with Crippen LogP contribution in [0, 0.1) is 5.92 Å². The third-order valence-electron chi connectivity index (χ3n) is 5.00. The van der Waals surface area contributed by atoms with Crippen LogP contribution < -0.4 is 0 Å². The van der Waals surface area contributed by atoms with Gasteiger partial charge in [0.05, 0.1) is 24.5 Å². The highest BCUT2D eigenvalue weighted by Crippen LogP contribution is 2.17. The van der Waals surface area contributed by atoms with Crippen molar-refractivity contribution < 1.29 is 5.11 Å². The number of likely N-dealkylation sites (tertiary alicyclic amines) is 1. The van der Waals surface area contributed by atoms with Gasteiger partial charge in [-0.05, 0) is 44.5 Å². The predicted octanol–water partition coefficient (Wildman–Crippen LogP) is 2.60. The standard InChI is InChI=1S/C20H30N4O/c1-16-8-10-24(11-9-16)14-18(25)13-23(2)15-20-21-12-19(22-20)17-6-4-3-5-7-17/h3-7,12,16,18,25H,8-11,13-15H2,1-2H3,(H,21,22). The molecule has 2 aromatic rings. The van der Waals surface area contributed by atoms with Gasteiger partial charge in [0.1, 0.15) is 5.82 Å². The summed E-state index contributed by atoms with van der Waals surface area (Å²) in [6.07, 6.45) is 4.06. The highest BCUT2D eigenvalue weighted by atomic mass is 16.3. The number of aliphatic hydroxyl groups excluding tert-OH is 1. The first-order valence-electron chi connectivity index (χ1n) is 9.28. The van der Waals surface area contributed by atoms with Crippen molar-refractivity contribution in [3.63, 3.8) is 0 Å². The summed E-state index contributed by atoms with van der Waals surface area (Å²) in [7, 11) is 2.03. The molecule has 1 unspecified atom stereocenters. The number of piperidine rings is 1. The van der Waals surface area contributed by atoms with Crippen molar-refractivity contribution in [2.75, 3.05) is 33.2 Å². The van der Waals surface area contributed by atoms with E-state index in [-0.39, 0.29) is 6.10 Å². The number of aliphatic hydroxyl groups is 1. The Morgan fingerprint density at radius 3 is 2.72 bits per heavy atom. The van der Waals surface area contributed by atoms with E-state index in [1.54, 1.807) is 0 Å². The lowest BCUT2D eigenvalue weighted by Gasteiger charge is -2.32. The predicted molar refractivity (Wildman–Crippen MR) is 101 cm³/mol. The zero-order chi connectivity index (χ0) is 17.6. The number of hydrogen-bond donors (Lipinski definition) is 2. The van der Waals surface area contributed by atoms with E-state index < -0.39 is 0 Å². The molecule has 0 spiro atoms. The van der Waals surface area contributed by atoms with Crippen LogP contribution in [0.3, 0.4) is 0 Å². The zero-order valence-electron chi connectivity index (χ0n) is 15.4. The van der Waals surface area contributed by atoms with Crippen LogP contribution in [0.5, 0.6) is 0 Å². The molecule has 0 aliphatic carbocycles. The first-order valence-corrected chi connectivity index (χ1v) is 9.28. The minimum Gasteiger partial charge on any atom is -0.390 e. The molecule has 1 aromatic carbocycles. The molecule has 5 nitrogen and oxygen atoms in total. The average Bonchev–Trinajstić information content (AvgIpc) is 3.06. The highest BCUT2D eigenvalue weighted by Gasteiger charge is 2.19. The molecular formula is C20H30N4O. The number of imidazole rings is 1. The summed E-state index contributed by atoms with van der Waals surface area (Å²) in [6, 6.07) is 10.2. The van der Waals surface area contributed by atoms with E-state index >= 15 is 0 Å². The van der Waals surface area contributed by atoms with Gasteiger partial charge in [-0.2, -0.15) is 0 Å². The average molecular weight is 342 g/mol. The van der Waals surface area contributed by atoms with Gasteiger partial charge in [0.15, 0.2) is 0 Å². The third kappa shape index (κ3) is 5.39. The molecule has 136 valence electrons. The monoisotopic (exact) mass is 342 g/mol. The van der Waals surface area contributed by atoms with E-state index in [0.717, 1.165) is 42.6 Å². The molecule has 1 aromatic heterocycles. The lowest BCUT2D eigenvalue weighted by atomic mass is 9.99. The van der Waals surface area contributed by atoms with Gasteiger partial charge in [-0.15, -0.1) is 0 Å². The van der Waals surface area contributed by atoms with Crippen LogP contribution in [0.2, 0.25) is 0 Å². The summed E-state index contributed by atoms with van der Waals surface area (Å²) in [4.78, 5) is 12.4. The summed E-state index contributed by atoms with van der Waals surface area (Å²) in [5.74, 6) is 1.76. The number of aromatic nitrogens is 2. The Labute approximate surface area is 150 Å². The highest BCUT2D eigenvalue weighted by molar-refractivity contribution is 5.57. The Morgan fingerprint density at radius 2 is 2.00 bits per heavy atom. The number of nitrogens with zero attached hydrogens (tertiary/aromatic N) is 3. The third-order valence-corrected chi connectivity index (χ3v) is 5.00. The molecule has 0 saturated carbocycles. The van der Waals surface area contributed by atoms with Crippen LogP contribution in [0.15, 0.2) is 36.5 Å². The Hall–Kier alpha value is -1.69. The van der Waals surface area contributed by atoms with Crippen molar-refractivity contribution in [3.05, 3.63) is 42.4 Å². The molecular weight excluding hydrogens is 312 g/mol. The van der Waals surface area contributed by atoms with Crippen LogP contribution in [-0.4, -0.2) is 64.2 Å². The quantitative estimate of drug-likeness (QED) is 0.812. The fourth-order valence-electron chi connectivity index (χ4n) is 3.49. The Morgan fingerprint density at radius 1 is 1.28 bits per heavy atom. The topological polar surface area (TPSA) is 55.4 Å². The minimum atomic E-state index is -0.318. The van der Waals surface area contributed by atoms with Crippen LogP contribution in [0.25, 0.3) is 11.3 Å². The number of benzene rings is 1. The van der Waals surface area contributed by atoms with E-state index in [2.05, 4.69) is 38.8 Å². The summed E-state index contributed by atoms with van der Waals surface area (Å²) >= 11 is 0. The van der Waals surface area contributed by atoms with E-state index in [9.17, 15) is 5.11 Å². The molecule has 0 amide bonds. The number of nitrogens with one attached hydrogen (secondary N) is 1. The maximum atomic E-state index is 10.4. The number of rotatable bonds is 7. The van der Waals surface area contributed by atoms with Crippen LogP contribution in [0.4, 0.5) is 0 Å². The van der Waals surface area contributed by atoms with Crippen molar-refractivity contribution in [3.8, 4) is 11.3 Å². The molecule has 0 radical (unpaired) electrons. The first kappa shape index (κ1) is 18.1. The van der Waals surface area contributed by atoms with Crippen molar-refractivity contribution in [2.24, 2.45) is 5.92 Å².